The summed E-state index contributed by atoms with van der Waals surface area (Å²) in [6.45, 7) is 1.84. The maximum atomic E-state index is 13.5. The molecule has 168 valence electrons. The molecule has 1 amide bonds. The smallest absolute Gasteiger partial charge is 0.234 e. The molecule has 2 aromatic carbocycles. The van der Waals surface area contributed by atoms with Crippen molar-refractivity contribution in [3.63, 3.8) is 0 Å². The summed E-state index contributed by atoms with van der Waals surface area (Å²) in [6, 6.07) is 12.5. The fourth-order valence-electron chi connectivity index (χ4n) is 4.03. The number of aryl methyl sites for hydroxylation is 1. The summed E-state index contributed by atoms with van der Waals surface area (Å²) in [5, 5.41) is 12.4. The molecule has 6 nitrogen and oxygen atoms in total. The molecule has 3 aromatic rings. The van der Waals surface area contributed by atoms with Gasteiger partial charge in [0.25, 0.3) is 0 Å². The van der Waals surface area contributed by atoms with Crippen LogP contribution in [-0.2, 0) is 4.79 Å². The minimum Gasteiger partial charge on any atom is -0.497 e. The van der Waals surface area contributed by atoms with E-state index in [4.69, 9.17) is 4.74 Å². The predicted octanol–water partition coefficient (Wildman–Crippen LogP) is 5.64. The van der Waals surface area contributed by atoms with E-state index >= 15 is 0 Å². The lowest BCUT2D eigenvalue weighted by Crippen LogP contribution is -2.18. The van der Waals surface area contributed by atoms with E-state index in [1.54, 1.807) is 13.2 Å². The van der Waals surface area contributed by atoms with Crippen molar-refractivity contribution in [2.45, 2.75) is 50.2 Å². The SMILES string of the molecule is COc1ccc(-c2nnc(SCC(=O)Nc3cc(F)ccc3C)n2C2CCCCC2)cc1. The van der Waals surface area contributed by atoms with Crippen LogP contribution in [0.25, 0.3) is 11.4 Å². The molecule has 0 saturated heterocycles. The second-order valence-corrected chi connectivity index (χ2v) is 8.94. The lowest BCUT2D eigenvalue weighted by atomic mass is 9.95. The highest BCUT2D eigenvalue weighted by atomic mass is 32.2. The maximum absolute atomic E-state index is 13.5. The largest absolute Gasteiger partial charge is 0.497 e. The number of thioether (sulfide) groups is 1. The first-order valence-electron chi connectivity index (χ1n) is 10.8. The van der Waals surface area contributed by atoms with Crippen molar-refractivity contribution in [1.82, 2.24) is 14.8 Å². The topological polar surface area (TPSA) is 69.0 Å². The number of aromatic nitrogens is 3. The van der Waals surface area contributed by atoms with Gasteiger partial charge in [-0.3, -0.25) is 9.36 Å². The molecule has 1 aliphatic rings. The van der Waals surface area contributed by atoms with E-state index in [1.165, 1.54) is 43.2 Å². The first-order chi connectivity index (χ1) is 15.5. The summed E-state index contributed by atoms with van der Waals surface area (Å²) in [4.78, 5) is 12.6. The van der Waals surface area contributed by atoms with Crippen LogP contribution in [0.4, 0.5) is 10.1 Å². The number of carbonyl (C=O) groups excluding carboxylic acids is 1. The molecule has 1 saturated carbocycles. The normalized spacial score (nSPS) is 14.3. The summed E-state index contributed by atoms with van der Waals surface area (Å²) in [5.74, 6) is 1.19. The van der Waals surface area contributed by atoms with Crippen LogP contribution in [0.15, 0.2) is 47.6 Å². The number of hydrogen-bond acceptors (Lipinski definition) is 5. The van der Waals surface area contributed by atoms with E-state index in [0.29, 0.717) is 11.7 Å². The lowest BCUT2D eigenvalue weighted by molar-refractivity contribution is -0.113. The maximum Gasteiger partial charge on any atom is 0.234 e. The van der Waals surface area contributed by atoms with E-state index in [9.17, 15) is 9.18 Å². The van der Waals surface area contributed by atoms with Crippen LogP contribution in [0.3, 0.4) is 0 Å². The van der Waals surface area contributed by atoms with Crippen LogP contribution in [0.2, 0.25) is 0 Å². The Morgan fingerprint density at radius 3 is 2.62 bits per heavy atom. The number of nitrogens with zero attached hydrogens (tertiary/aromatic N) is 3. The number of halogens is 1. The fourth-order valence-corrected chi connectivity index (χ4v) is 4.83. The minimum absolute atomic E-state index is 0.170. The van der Waals surface area contributed by atoms with Crippen LogP contribution in [-0.4, -0.2) is 33.5 Å². The Kier molecular flexibility index (Phi) is 7.09. The number of anilines is 1. The molecule has 1 aliphatic carbocycles. The zero-order valence-electron chi connectivity index (χ0n) is 18.3. The molecule has 0 unspecified atom stereocenters. The van der Waals surface area contributed by atoms with Gasteiger partial charge in [-0.2, -0.15) is 0 Å². The number of hydrogen-bond donors (Lipinski definition) is 1. The molecule has 1 N–H and O–H groups in total. The first kappa shape index (κ1) is 22.3. The summed E-state index contributed by atoms with van der Waals surface area (Å²) in [6.07, 6.45) is 5.74. The third-order valence-corrected chi connectivity index (χ3v) is 6.70. The number of rotatable bonds is 7. The second kappa shape index (κ2) is 10.2. The Bertz CT molecular complexity index is 1080. The van der Waals surface area contributed by atoms with Gasteiger partial charge < -0.3 is 10.1 Å². The summed E-state index contributed by atoms with van der Waals surface area (Å²) < 4.78 is 21.0. The van der Waals surface area contributed by atoms with Crippen molar-refractivity contribution in [1.29, 1.82) is 0 Å². The third kappa shape index (κ3) is 5.12. The molecule has 0 spiro atoms. The van der Waals surface area contributed by atoms with Gasteiger partial charge in [-0.1, -0.05) is 37.1 Å². The van der Waals surface area contributed by atoms with E-state index in [1.807, 2.05) is 31.2 Å². The Balaban J connectivity index is 1.54. The Hall–Kier alpha value is -2.87. The number of carbonyl (C=O) groups is 1. The first-order valence-corrected chi connectivity index (χ1v) is 11.8. The second-order valence-electron chi connectivity index (χ2n) is 7.99. The van der Waals surface area contributed by atoms with E-state index < -0.39 is 0 Å². The van der Waals surface area contributed by atoms with Crippen LogP contribution in [0.5, 0.6) is 5.75 Å². The van der Waals surface area contributed by atoms with Crippen LogP contribution >= 0.6 is 11.8 Å². The van der Waals surface area contributed by atoms with Crippen molar-refractivity contribution in [2.24, 2.45) is 0 Å². The van der Waals surface area contributed by atoms with Crippen LogP contribution in [0, 0.1) is 12.7 Å². The Morgan fingerprint density at radius 1 is 1.16 bits per heavy atom. The number of nitrogens with one attached hydrogen (secondary N) is 1. The molecule has 32 heavy (non-hydrogen) atoms. The van der Waals surface area contributed by atoms with Gasteiger partial charge in [-0.05, 0) is 61.7 Å². The molecule has 1 heterocycles. The van der Waals surface area contributed by atoms with Crippen molar-refractivity contribution < 1.29 is 13.9 Å². The molecule has 4 rings (SSSR count). The van der Waals surface area contributed by atoms with Gasteiger partial charge in [0, 0.05) is 17.3 Å². The zero-order valence-corrected chi connectivity index (χ0v) is 19.1. The summed E-state index contributed by atoms with van der Waals surface area (Å²) in [7, 11) is 1.64. The molecular formula is C24H27FN4O2S. The molecule has 0 bridgehead atoms. The van der Waals surface area contributed by atoms with Crippen LogP contribution < -0.4 is 10.1 Å². The molecule has 0 aliphatic heterocycles. The van der Waals surface area contributed by atoms with Gasteiger partial charge in [0.05, 0.1) is 12.9 Å². The number of amides is 1. The number of ether oxygens (including phenoxy) is 1. The number of benzene rings is 2. The summed E-state index contributed by atoms with van der Waals surface area (Å²) >= 11 is 1.36. The monoisotopic (exact) mass is 454 g/mol. The zero-order chi connectivity index (χ0) is 22.5. The Morgan fingerprint density at radius 2 is 1.91 bits per heavy atom. The van der Waals surface area contributed by atoms with Crippen molar-refractivity contribution in [3.8, 4) is 17.1 Å². The average molecular weight is 455 g/mol. The van der Waals surface area contributed by atoms with E-state index in [2.05, 4.69) is 20.1 Å². The van der Waals surface area contributed by atoms with E-state index in [-0.39, 0.29) is 17.5 Å². The highest BCUT2D eigenvalue weighted by molar-refractivity contribution is 7.99. The van der Waals surface area contributed by atoms with Gasteiger partial charge in [0.2, 0.25) is 5.91 Å². The molecule has 1 aromatic heterocycles. The molecule has 0 radical (unpaired) electrons. The van der Waals surface area contributed by atoms with Crippen molar-refractivity contribution in [2.75, 3.05) is 18.2 Å². The highest BCUT2D eigenvalue weighted by Gasteiger charge is 2.24. The van der Waals surface area contributed by atoms with E-state index in [0.717, 1.165) is 40.7 Å². The fraction of sp³-hybridized carbons (Fsp3) is 0.375. The molecule has 8 heteroatoms. The predicted molar refractivity (Wildman–Crippen MR) is 125 cm³/mol. The molecular weight excluding hydrogens is 427 g/mol. The number of methoxy groups -OCH3 is 1. The van der Waals surface area contributed by atoms with Crippen molar-refractivity contribution in [3.05, 3.63) is 53.8 Å². The van der Waals surface area contributed by atoms with Crippen LogP contribution in [0.1, 0.15) is 43.7 Å². The summed E-state index contributed by atoms with van der Waals surface area (Å²) in [5.41, 5.74) is 2.27. The van der Waals surface area contributed by atoms with Gasteiger partial charge in [0.1, 0.15) is 11.6 Å². The van der Waals surface area contributed by atoms with Gasteiger partial charge in [-0.25, -0.2) is 4.39 Å². The Labute approximate surface area is 191 Å². The third-order valence-electron chi connectivity index (χ3n) is 5.76. The standard InChI is InChI=1S/C24H27FN4O2S/c1-16-8-11-18(25)14-21(16)26-22(30)15-32-24-28-27-23(17-9-12-20(31-2)13-10-17)29(24)19-6-4-3-5-7-19/h8-14,19H,3-7,15H2,1-2H3,(H,26,30). The lowest BCUT2D eigenvalue weighted by Gasteiger charge is -2.25. The average Bonchev–Trinajstić information content (AvgIpc) is 3.24. The van der Waals surface area contributed by atoms with Gasteiger partial charge >= 0.3 is 0 Å². The quantitative estimate of drug-likeness (QED) is 0.468. The van der Waals surface area contributed by atoms with Crippen molar-refractivity contribution >= 4 is 23.4 Å². The molecule has 1 fully saturated rings. The minimum atomic E-state index is -0.375. The highest BCUT2D eigenvalue weighted by Crippen LogP contribution is 2.36. The van der Waals surface area contributed by atoms with Gasteiger partial charge in [-0.15, -0.1) is 10.2 Å². The molecule has 0 atom stereocenters. The van der Waals surface area contributed by atoms with Gasteiger partial charge in [0.15, 0.2) is 11.0 Å².